The van der Waals surface area contributed by atoms with Gasteiger partial charge in [-0.15, -0.1) is 0 Å². The third-order valence-corrected chi connectivity index (χ3v) is 7.76. The van der Waals surface area contributed by atoms with E-state index in [2.05, 4.69) is 43.4 Å². The molecule has 3 nitrogen and oxygen atoms in total. The number of fused-ring (bicyclic) bond motifs is 1. The molecule has 0 spiro atoms. The third-order valence-electron chi connectivity index (χ3n) is 6.95. The minimum Gasteiger partial charge on any atom is -0.379 e. The molecule has 1 heterocycles. The fourth-order valence-electron chi connectivity index (χ4n) is 5.46. The van der Waals surface area contributed by atoms with Crippen molar-refractivity contribution in [3.8, 4) is 0 Å². The summed E-state index contributed by atoms with van der Waals surface area (Å²) in [5.41, 5.74) is 1.55. The molecule has 2 aromatic carbocycles. The average Bonchev–Trinajstić information content (AvgIpc) is 3.06. The Morgan fingerprint density at radius 1 is 1.03 bits per heavy atom. The van der Waals surface area contributed by atoms with E-state index in [-0.39, 0.29) is 29.7 Å². The molecule has 2 aromatic rings. The van der Waals surface area contributed by atoms with Gasteiger partial charge in [-0.05, 0) is 48.2 Å². The van der Waals surface area contributed by atoms with Crippen LogP contribution < -0.4 is 5.32 Å². The van der Waals surface area contributed by atoms with Crippen LogP contribution in [0.1, 0.15) is 49.7 Å². The quantitative estimate of drug-likeness (QED) is 0.333. The Hall–Kier alpha value is -1.52. The fourth-order valence-corrected chi connectivity index (χ4v) is 6.12. The van der Waals surface area contributed by atoms with E-state index in [0.29, 0.717) is 28.3 Å². The summed E-state index contributed by atoms with van der Waals surface area (Å²) in [6.45, 7) is 5.33. The van der Waals surface area contributed by atoms with Gasteiger partial charge in [0.05, 0.1) is 18.1 Å². The number of halogens is 3. The van der Waals surface area contributed by atoms with Crippen LogP contribution in [0.2, 0.25) is 15.1 Å². The number of allylic oxidation sites excluding steroid dienone is 1. The zero-order chi connectivity index (χ0) is 22.9. The van der Waals surface area contributed by atoms with Crippen molar-refractivity contribution in [1.29, 1.82) is 0 Å². The second kappa shape index (κ2) is 9.77. The summed E-state index contributed by atoms with van der Waals surface area (Å²) in [7, 11) is 0. The molecule has 2 aliphatic rings. The van der Waals surface area contributed by atoms with E-state index in [1.54, 1.807) is 6.07 Å². The van der Waals surface area contributed by atoms with Gasteiger partial charge in [0.1, 0.15) is 0 Å². The summed E-state index contributed by atoms with van der Waals surface area (Å²) < 4.78 is 5.93. The van der Waals surface area contributed by atoms with Crippen molar-refractivity contribution in [1.82, 2.24) is 5.32 Å². The van der Waals surface area contributed by atoms with Crippen molar-refractivity contribution < 1.29 is 9.53 Å². The van der Waals surface area contributed by atoms with Crippen molar-refractivity contribution in [3.63, 3.8) is 0 Å². The van der Waals surface area contributed by atoms with Gasteiger partial charge in [-0.25, -0.2) is 0 Å². The lowest BCUT2D eigenvalue weighted by Crippen LogP contribution is -2.42. The number of rotatable bonds is 7. The number of benzene rings is 2. The van der Waals surface area contributed by atoms with Crippen molar-refractivity contribution >= 4 is 40.7 Å². The van der Waals surface area contributed by atoms with Crippen molar-refractivity contribution in [2.45, 2.75) is 44.6 Å². The highest BCUT2D eigenvalue weighted by Gasteiger charge is 2.58. The van der Waals surface area contributed by atoms with Crippen molar-refractivity contribution in [3.05, 3.63) is 80.8 Å². The van der Waals surface area contributed by atoms with Gasteiger partial charge >= 0.3 is 0 Å². The average molecular weight is 493 g/mol. The van der Waals surface area contributed by atoms with Crippen LogP contribution in [0.5, 0.6) is 0 Å². The molecular formula is C26H28Cl3NO2. The molecule has 0 unspecified atom stereocenters. The molecule has 0 bridgehead atoms. The Bertz CT molecular complexity index is 1010. The Morgan fingerprint density at radius 3 is 2.41 bits per heavy atom. The van der Waals surface area contributed by atoms with E-state index in [1.165, 1.54) is 0 Å². The second-order valence-electron chi connectivity index (χ2n) is 8.70. The second-order valence-corrected chi connectivity index (χ2v) is 9.98. The highest BCUT2D eigenvalue weighted by Crippen LogP contribution is 2.57. The molecule has 5 atom stereocenters. The number of carbonyl (C=O) groups excluding carboxylic acids is 1. The molecule has 1 fully saturated rings. The molecule has 1 aliphatic carbocycles. The molecule has 6 heteroatoms. The molecule has 0 radical (unpaired) electrons. The largest absolute Gasteiger partial charge is 0.379 e. The van der Waals surface area contributed by atoms with E-state index >= 15 is 0 Å². The number of carbonyl (C=O) groups is 1. The summed E-state index contributed by atoms with van der Waals surface area (Å²) in [5, 5.41) is 5.18. The van der Waals surface area contributed by atoms with Crippen LogP contribution in [0.3, 0.4) is 0 Å². The lowest BCUT2D eigenvalue weighted by atomic mass is 9.57. The Labute approximate surface area is 205 Å². The predicted octanol–water partition coefficient (Wildman–Crippen LogP) is 7.02. The molecule has 1 N–H and O–H groups in total. The van der Waals surface area contributed by atoms with Crippen molar-refractivity contribution in [2.75, 3.05) is 13.2 Å². The monoisotopic (exact) mass is 491 g/mol. The maximum absolute atomic E-state index is 13.3. The van der Waals surface area contributed by atoms with E-state index < -0.39 is 5.41 Å². The van der Waals surface area contributed by atoms with Crippen LogP contribution in [-0.2, 0) is 9.53 Å². The van der Waals surface area contributed by atoms with Crippen LogP contribution in [-0.4, -0.2) is 25.2 Å². The summed E-state index contributed by atoms with van der Waals surface area (Å²) >= 11 is 19.1. The van der Waals surface area contributed by atoms with Crippen molar-refractivity contribution in [2.24, 2.45) is 11.3 Å². The third kappa shape index (κ3) is 4.21. The highest BCUT2D eigenvalue weighted by molar-refractivity contribution is 6.35. The van der Waals surface area contributed by atoms with Crippen LogP contribution >= 0.6 is 34.8 Å². The molecule has 170 valence electrons. The van der Waals surface area contributed by atoms with Gasteiger partial charge in [-0.2, -0.15) is 0 Å². The van der Waals surface area contributed by atoms with E-state index in [0.717, 1.165) is 24.0 Å². The first-order chi connectivity index (χ1) is 15.4. The minimum absolute atomic E-state index is 0.00741. The van der Waals surface area contributed by atoms with Gasteiger partial charge in [0.25, 0.3) is 0 Å². The van der Waals surface area contributed by atoms with Crippen LogP contribution in [0.15, 0.2) is 54.6 Å². The summed E-state index contributed by atoms with van der Waals surface area (Å²) in [5.74, 6) is 0.0998. The van der Waals surface area contributed by atoms with Crippen LogP contribution in [0.25, 0.3) is 0 Å². The lowest BCUT2D eigenvalue weighted by molar-refractivity contribution is -0.127. The molecule has 0 saturated carbocycles. The number of amides is 1. The zero-order valence-corrected chi connectivity index (χ0v) is 20.6. The fraction of sp³-hybridized carbons (Fsp3) is 0.423. The maximum atomic E-state index is 13.3. The van der Waals surface area contributed by atoms with E-state index in [1.807, 2.05) is 24.3 Å². The van der Waals surface area contributed by atoms with Gasteiger partial charge in [-0.1, -0.05) is 79.0 Å². The number of ether oxygens (including phenoxy) is 1. The van der Waals surface area contributed by atoms with Gasteiger partial charge in [0.15, 0.2) is 0 Å². The number of nitrogens with one attached hydrogen (secondary N) is 1. The van der Waals surface area contributed by atoms with Crippen LogP contribution in [0, 0.1) is 11.3 Å². The first-order valence-electron chi connectivity index (χ1n) is 11.2. The van der Waals surface area contributed by atoms with Gasteiger partial charge in [0, 0.05) is 39.4 Å². The molecule has 32 heavy (non-hydrogen) atoms. The molecule has 4 rings (SSSR count). The Balaban J connectivity index is 1.86. The first-order valence-corrected chi connectivity index (χ1v) is 12.3. The summed E-state index contributed by atoms with van der Waals surface area (Å²) in [6, 6.07) is 13.5. The Kier molecular flexibility index (Phi) is 7.21. The van der Waals surface area contributed by atoms with Gasteiger partial charge in [0.2, 0.25) is 5.91 Å². The molecule has 0 aromatic heterocycles. The van der Waals surface area contributed by atoms with E-state index in [9.17, 15) is 4.79 Å². The maximum Gasteiger partial charge on any atom is 0.230 e. The topological polar surface area (TPSA) is 38.3 Å². The standard InChI is InChI=1S/C26H28Cl3NO2/c1-3-13-32-15-22-24-23(16-5-7-17(27)8-6-16)20(19-10-9-18(28)14-21(19)29)11-12-26(24,4-2)25(31)30-22/h5-12,14,20,22-24H,3-4,13,15H2,1-2H3,(H,30,31)/t20-,22+,23-,24-,26+/m0/s1. The zero-order valence-electron chi connectivity index (χ0n) is 18.3. The summed E-state index contributed by atoms with van der Waals surface area (Å²) in [4.78, 5) is 13.3. The molecule has 1 saturated heterocycles. The van der Waals surface area contributed by atoms with Crippen LogP contribution in [0.4, 0.5) is 0 Å². The smallest absolute Gasteiger partial charge is 0.230 e. The number of hydrogen-bond donors (Lipinski definition) is 1. The predicted molar refractivity (Wildman–Crippen MR) is 132 cm³/mol. The lowest BCUT2D eigenvalue weighted by Gasteiger charge is -2.44. The first kappa shape index (κ1) is 23.6. The van der Waals surface area contributed by atoms with Gasteiger partial charge in [-0.3, -0.25) is 4.79 Å². The van der Waals surface area contributed by atoms with E-state index in [4.69, 9.17) is 39.5 Å². The molecule has 1 amide bonds. The molecule has 1 aliphatic heterocycles. The highest BCUT2D eigenvalue weighted by atomic mass is 35.5. The normalized spacial score (nSPS) is 29.1. The summed E-state index contributed by atoms with van der Waals surface area (Å²) in [6.07, 6.45) is 5.92. The molecular weight excluding hydrogens is 465 g/mol. The Morgan fingerprint density at radius 2 is 1.75 bits per heavy atom. The van der Waals surface area contributed by atoms with Gasteiger partial charge < -0.3 is 10.1 Å². The SMILES string of the molecule is CCCOC[C@H]1NC(=O)[C@]2(CC)C=C[C@@H](c3ccc(Cl)cc3Cl)[C@H](c3ccc(Cl)cc3)[C@H]12. The minimum atomic E-state index is -0.583. The number of hydrogen-bond acceptors (Lipinski definition) is 2.